The monoisotopic (exact) mass is 348 g/mol. The Hall–Kier alpha value is -3.32. The summed E-state index contributed by atoms with van der Waals surface area (Å²) in [4.78, 5) is 17.2. The molecule has 120 valence electrons. The third-order valence-electron chi connectivity index (χ3n) is 4.04. The molecule has 0 saturated carbocycles. The molecule has 3 aromatic carbocycles. The Morgan fingerprint density at radius 3 is 2.32 bits per heavy atom. The van der Waals surface area contributed by atoms with Crippen molar-refractivity contribution >= 4 is 44.4 Å². The van der Waals surface area contributed by atoms with Crippen molar-refractivity contribution in [1.82, 2.24) is 30.2 Å². The quantitative estimate of drug-likeness (QED) is 0.470. The molecule has 5 aromatic rings. The van der Waals surface area contributed by atoms with E-state index in [9.17, 15) is 4.79 Å². The van der Waals surface area contributed by atoms with Crippen LogP contribution >= 0.6 is 11.6 Å². The number of rotatable bonds is 1. The standard InChI is InChI=1S/C17H9ClN6O/c18-11-7-3-4-8-12(11)24-22-14-10-6-2-1-5-9(10)13-15(16(14)23-24)20-21-17(25)19-13/h1-8H,(H,19,21,25). The Bertz CT molecular complexity index is 1340. The molecule has 0 saturated heterocycles. The molecule has 0 radical (unpaired) electrons. The predicted molar refractivity (Wildman–Crippen MR) is 95.1 cm³/mol. The van der Waals surface area contributed by atoms with E-state index < -0.39 is 5.69 Å². The predicted octanol–water partition coefficient (Wildman–Crippen LogP) is 2.86. The lowest BCUT2D eigenvalue weighted by Gasteiger charge is -2.01. The van der Waals surface area contributed by atoms with Crippen LogP contribution in [0.1, 0.15) is 0 Å². The second kappa shape index (κ2) is 5.09. The summed E-state index contributed by atoms with van der Waals surface area (Å²) in [6.45, 7) is 0. The van der Waals surface area contributed by atoms with Crippen molar-refractivity contribution in [2.24, 2.45) is 0 Å². The summed E-state index contributed by atoms with van der Waals surface area (Å²) in [5.74, 6) is 0. The number of nitrogens with one attached hydrogen (secondary N) is 1. The molecule has 8 heteroatoms. The number of benzene rings is 3. The summed E-state index contributed by atoms with van der Waals surface area (Å²) in [6, 6.07) is 14.9. The third-order valence-corrected chi connectivity index (χ3v) is 4.36. The molecule has 2 heterocycles. The first-order valence-electron chi connectivity index (χ1n) is 7.51. The summed E-state index contributed by atoms with van der Waals surface area (Å²) in [5.41, 5.74) is 2.37. The number of fused-ring (bicyclic) bond motifs is 6. The summed E-state index contributed by atoms with van der Waals surface area (Å²) in [7, 11) is 0. The fourth-order valence-electron chi connectivity index (χ4n) is 2.95. The Balaban J connectivity index is 1.99. The molecule has 0 spiro atoms. The number of aromatic nitrogens is 6. The van der Waals surface area contributed by atoms with E-state index in [0.29, 0.717) is 32.8 Å². The van der Waals surface area contributed by atoms with Crippen LogP contribution in [0.3, 0.4) is 0 Å². The fraction of sp³-hybridized carbons (Fsp3) is 0. The zero-order valence-electron chi connectivity index (χ0n) is 12.6. The van der Waals surface area contributed by atoms with Gasteiger partial charge in [0.05, 0.1) is 5.02 Å². The van der Waals surface area contributed by atoms with E-state index in [1.54, 1.807) is 6.07 Å². The smallest absolute Gasteiger partial charge is 0.244 e. The van der Waals surface area contributed by atoms with Crippen molar-refractivity contribution in [3.05, 3.63) is 64.0 Å². The largest absolute Gasteiger partial charge is 0.361 e. The minimum absolute atomic E-state index is 0.492. The number of para-hydroxylation sites is 1. The van der Waals surface area contributed by atoms with Crippen molar-refractivity contribution in [3.8, 4) is 5.69 Å². The van der Waals surface area contributed by atoms with Gasteiger partial charge in [-0.3, -0.25) is 0 Å². The molecule has 25 heavy (non-hydrogen) atoms. The highest BCUT2D eigenvalue weighted by atomic mass is 35.5. The highest BCUT2D eigenvalue weighted by Gasteiger charge is 2.17. The maximum Gasteiger partial charge on any atom is 0.361 e. The van der Waals surface area contributed by atoms with E-state index in [1.165, 1.54) is 4.80 Å². The van der Waals surface area contributed by atoms with Crippen molar-refractivity contribution in [2.45, 2.75) is 0 Å². The topological polar surface area (TPSA) is 89.3 Å². The van der Waals surface area contributed by atoms with E-state index in [1.807, 2.05) is 42.5 Å². The van der Waals surface area contributed by atoms with Gasteiger partial charge in [-0.15, -0.1) is 15.0 Å². The van der Waals surface area contributed by atoms with Crippen molar-refractivity contribution in [2.75, 3.05) is 0 Å². The van der Waals surface area contributed by atoms with Crippen LogP contribution in [0.25, 0.3) is 38.5 Å². The van der Waals surface area contributed by atoms with E-state index in [0.717, 1.165) is 10.8 Å². The van der Waals surface area contributed by atoms with Gasteiger partial charge in [0.25, 0.3) is 0 Å². The van der Waals surface area contributed by atoms with Gasteiger partial charge in [0.2, 0.25) is 0 Å². The highest BCUT2D eigenvalue weighted by molar-refractivity contribution is 6.32. The first-order chi connectivity index (χ1) is 12.2. The maximum absolute atomic E-state index is 11.6. The second-order valence-electron chi connectivity index (χ2n) is 5.52. The zero-order valence-corrected chi connectivity index (χ0v) is 13.4. The average Bonchev–Trinajstić information content (AvgIpc) is 3.07. The van der Waals surface area contributed by atoms with Crippen LogP contribution in [0.5, 0.6) is 0 Å². The molecular weight excluding hydrogens is 340 g/mol. The van der Waals surface area contributed by atoms with Crippen LogP contribution < -0.4 is 5.69 Å². The maximum atomic E-state index is 11.6. The summed E-state index contributed by atoms with van der Waals surface area (Å²) in [6.07, 6.45) is 0. The molecule has 2 aromatic heterocycles. The lowest BCUT2D eigenvalue weighted by Crippen LogP contribution is -2.12. The Labute approximate surface area is 144 Å². The van der Waals surface area contributed by atoms with E-state index in [2.05, 4.69) is 25.4 Å². The summed E-state index contributed by atoms with van der Waals surface area (Å²) >= 11 is 6.27. The van der Waals surface area contributed by atoms with Crippen LogP contribution in [0.2, 0.25) is 5.02 Å². The van der Waals surface area contributed by atoms with Crippen LogP contribution in [-0.2, 0) is 0 Å². The first kappa shape index (κ1) is 14.1. The van der Waals surface area contributed by atoms with E-state index in [4.69, 9.17) is 11.6 Å². The number of halogens is 1. The van der Waals surface area contributed by atoms with Gasteiger partial charge in [-0.05, 0) is 12.1 Å². The highest BCUT2D eigenvalue weighted by Crippen LogP contribution is 2.31. The lowest BCUT2D eigenvalue weighted by atomic mass is 10.1. The van der Waals surface area contributed by atoms with Gasteiger partial charge >= 0.3 is 5.69 Å². The van der Waals surface area contributed by atoms with E-state index in [-0.39, 0.29) is 0 Å². The zero-order chi connectivity index (χ0) is 17.0. The third kappa shape index (κ3) is 2.03. The van der Waals surface area contributed by atoms with Gasteiger partial charge in [-0.25, -0.2) is 9.89 Å². The van der Waals surface area contributed by atoms with Gasteiger partial charge in [0, 0.05) is 10.8 Å². The SMILES string of the molecule is O=c1nc2c3ccccc3c3nn(-c4ccccc4Cl)nc3c2n[nH]1. The number of hydrogen-bond donors (Lipinski definition) is 1. The molecule has 0 aliphatic heterocycles. The van der Waals surface area contributed by atoms with Crippen LogP contribution in [0.4, 0.5) is 0 Å². The number of H-pyrrole nitrogens is 1. The molecule has 5 rings (SSSR count). The summed E-state index contributed by atoms with van der Waals surface area (Å²) in [5, 5.41) is 17.9. The molecule has 0 bridgehead atoms. The minimum atomic E-state index is -0.504. The molecule has 0 atom stereocenters. The average molecular weight is 349 g/mol. The van der Waals surface area contributed by atoms with Crippen LogP contribution in [0, 0.1) is 0 Å². The van der Waals surface area contributed by atoms with Gasteiger partial charge in [-0.1, -0.05) is 48.0 Å². The fourth-order valence-corrected chi connectivity index (χ4v) is 3.17. The lowest BCUT2D eigenvalue weighted by molar-refractivity contribution is 0.766. The van der Waals surface area contributed by atoms with Crippen molar-refractivity contribution in [3.63, 3.8) is 0 Å². The minimum Gasteiger partial charge on any atom is -0.244 e. The van der Waals surface area contributed by atoms with Gasteiger partial charge < -0.3 is 0 Å². The molecular formula is C17H9ClN6O. The molecule has 0 unspecified atom stereocenters. The molecule has 1 N–H and O–H groups in total. The van der Waals surface area contributed by atoms with Gasteiger partial charge in [0.1, 0.15) is 27.8 Å². The Morgan fingerprint density at radius 1 is 0.840 bits per heavy atom. The molecule has 0 fully saturated rings. The Morgan fingerprint density at radius 2 is 1.52 bits per heavy atom. The molecule has 0 amide bonds. The number of aromatic amines is 1. The molecule has 0 aliphatic rings. The van der Waals surface area contributed by atoms with Gasteiger partial charge in [0.15, 0.2) is 0 Å². The van der Waals surface area contributed by atoms with Gasteiger partial charge in [-0.2, -0.15) is 10.1 Å². The Kier molecular flexibility index (Phi) is 2.86. The van der Waals surface area contributed by atoms with Crippen molar-refractivity contribution in [1.29, 1.82) is 0 Å². The van der Waals surface area contributed by atoms with E-state index >= 15 is 0 Å². The van der Waals surface area contributed by atoms with Crippen LogP contribution in [0.15, 0.2) is 53.3 Å². The number of hydrogen-bond acceptors (Lipinski definition) is 5. The van der Waals surface area contributed by atoms with Crippen molar-refractivity contribution < 1.29 is 0 Å². The first-order valence-corrected chi connectivity index (χ1v) is 7.89. The normalized spacial score (nSPS) is 11.6. The summed E-state index contributed by atoms with van der Waals surface area (Å²) < 4.78 is 0. The molecule has 0 aliphatic carbocycles. The van der Waals surface area contributed by atoms with Crippen LogP contribution in [-0.4, -0.2) is 30.2 Å². The second-order valence-corrected chi connectivity index (χ2v) is 5.93. The molecule has 7 nitrogen and oxygen atoms in total. The number of nitrogens with zero attached hydrogens (tertiary/aromatic N) is 5.